The largest absolute Gasteiger partial charge is 0.356 e. The maximum atomic E-state index is 11.7. The molecule has 2 aliphatic heterocycles. The Morgan fingerprint density at radius 1 is 1.50 bits per heavy atom. The lowest BCUT2D eigenvalue weighted by Crippen LogP contribution is -2.33. The molecule has 0 aromatic heterocycles. The summed E-state index contributed by atoms with van der Waals surface area (Å²) in [6.07, 6.45) is 3.42. The van der Waals surface area contributed by atoms with Crippen molar-refractivity contribution in [2.75, 3.05) is 39.8 Å². The van der Waals surface area contributed by atoms with Crippen LogP contribution in [0.15, 0.2) is 0 Å². The molecule has 0 aliphatic carbocycles. The van der Waals surface area contributed by atoms with Gasteiger partial charge in [0.2, 0.25) is 5.91 Å². The van der Waals surface area contributed by atoms with E-state index in [-0.39, 0.29) is 11.8 Å². The second-order valence-electron chi connectivity index (χ2n) is 5.19. The van der Waals surface area contributed by atoms with Gasteiger partial charge in [-0.05, 0) is 45.3 Å². The monoisotopic (exact) mass is 225 g/mol. The van der Waals surface area contributed by atoms with Crippen molar-refractivity contribution in [2.24, 2.45) is 11.8 Å². The molecule has 16 heavy (non-hydrogen) atoms. The topological polar surface area (TPSA) is 44.4 Å². The SMILES string of the molecule is CN1CCC(CCNC(=O)C2CCNC2)C1. The van der Waals surface area contributed by atoms with Crippen LogP contribution in [0.25, 0.3) is 0 Å². The van der Waals surface area contributed by atoms with Crippen LogP contribution in [0.5, 0.6) is 0 Å². The number of carbonyl (C=O) groups is 1. The minimum Gasteiger partial charge on any atom is -0.356 e. The maximum Gasteiger partial charge on any atom is 0.224 e. The zero-order chi connectivity index (χ0) is 11.4. The average Bonchev–Trinajstić information content (AvgIpc) is 2.89. The molecule has 2 aliphatic rings. The Kier molecular flexibility index (Phi) is 4.18. The summed E-state index contributed by atoms with van der Waals surface area (Å²) in [5, 5.41) is 6.29. The van der Waals surface area contributed by atoms with E-state index < -0.39 is 0 Å². The van der Waals surface area contributed by atoms with Gasteiger partial charge in [0, 0.05) is 19.6 Å². The average molecular weight is 225 g/mol. The minimum atomic E-state index is 0.214. The molecule has 2 saturated heterocycles. The van der Waals surface area contributed by atoms with Crippen LogP contribution in [0.4, 0.5) is 0 Å². The van der Waals surface area contributed by atoms with Gasteiger partial charge in [-0.15, -0.1) is 0 Å². The number of amides is 1. The van der Waals surface area contributed by atoms with E-state index in [0.29, 0.717) is 0 Å². The van der Waals surface area contributed by atoms with Crippen molar-refractivity contribution in [3.05, 3.63) is 0 Å². The second kappa shape index (κ2) is 5.64. The molecule has 2 atom stereocenters. The molecule has 0 spiro atoms. The smallest absolute Gasteiger partial charge is 0.224 e. The van der Waals surface area contributed by atoms with Crippen LogP contribution in [0.3, 0.4) is 0 Å². The van der Waals surface area contributed by atoms with Gasteiger partial charge in [-0.1, -0.05) is 0 Å². The number of carbonyl (C=O) groups excluding carboxylic acids is 1. The molecule has 2 fully saturated rings. The summed E-state index contributed by atoms with van der Waals surface area (Å²) < 4.78 is 0. The molecule has 0 bridgehead atoms. The van der Waals surface area contributed by atoms with Crippen molar-refractivity contribution in [1.82, 2.24) is 15.5 Å². The van der Waals surface area contributed by atoms with E-state index in [1.54, 1.807) is 0 Å². The number of hydrogen-bond donors (Lipinski definition) is 2. The van der Waals surface area contributed by atoms with Crippen molar-refractivity contribution in [3.8, 4) is 0 Å². The van der Waals surface area contributed by atoms with Gasteiger partial charge in [0.05, 0.1) is 5.92 Å². The summed E-state index contributed by atoms with van der Waals surface area (Å²) in [6, 6.07) is 0. The summed E-state index contributed by atoms with van der Waals surface area (Å²) >= 11 is 0. The zero-order valence-corrected chi connectivity index (χ0v) is 10.2. The molecule has 4 heteroatoms. The predicted octanol–water partition coefficient (Wildman–Crippen LogP) is 0.0539. The van der Waals surface area contributed by atoms with Crippen LogP contribution in [-0.2, 0) is 4.79 Å². The van der Waals surface area contributed by atoms with Gasteiger partial charge in [0.25, 0.3) is 0 Å². The number of nitrogens with one attached hydrogen (secondary N) is 2. The summed E-state index contributed by atoms with van der Waals surface area (Å²) in [6.45, 7) is 5.11. The van der Waals surface area contributed by atoms with Gasteiger partial charge in [-0.2, -0.15) is 0 Å². The molecule has 2 heterocycles. The third-order valence-corrected chi connectivity index (χ3v) is 3.77. The van der Waals surface area contributed by atoms with E-state index in [2.05, 4.69) is 22.6 Å². The molecule has 0 aromatic carbocycles. The lowest BCUT2D eigenvalue weighted by molar-refractivity contribution is -0.124. The minimum absolute atomic E-state index is 0.214. The van der Waals surface area contributed by atoms with Crippen LogP contribution in [0.1, 0.15) is 19.3 Å². The first-order valence-corrected chi connectivity index (χ1v) is 6.42. The number of hydrogen-bond acceptors (Lipinski definition) is 3. The highest BCUT2D eigenvalue weighted by Gasteiger charge is 2.23. The first-order valence-electron chi connectivity index (χ1n) is 6.42. The van der Waals surface area contributed by atoms with Crippen molar-refractivity contribution >= 4 is 5.91 Å². The Morgan fingerprint density at radius 3 is 3.00 bits per heavy atom. The fourth-order valence-electron chi connectivity index (χ4n) is 2.68. The van der Waals surface area contributed by atoms with Crippen molar-refractivity contribution in [2.45, 2.75) is 19.3 Å². The van der Waals surface area contributed by atoms with Gasteiger partial charge in [-0.3, -0.25) is 4.79 Å². The van der Waals surface area contributed by atoms with Crippen LogP contribution in [0, 0.1) is 11.8 Å². The molecular formula is C12H23N3O. The molecule has 2 rings (SSSR count). The van der Waals surface area contributed by atoms with E-state index in [9.17, 15) is 4.79 Å². The normalized spacial score (nSPS) is 30.8. The third kappa shape index (κ3) is 3.19. The van der Waals surface area contributed by atoms with Crippen LogP contribution in [0.2, 0.25) is 0 Å². The molecule has 1 amide bonds. The van der Waals surface area contributed by atoms with E-state index >= 15 is 0 Å². The Morgan fingerprint density at radius 2 is 2.38 bits per heavy atom. The fourth-order valence-corrected chi connectivity index (χ4v) is 2.68. The molecule has 2 N–H and O–H groups in total. The van der Waals surface area contributed by atoms with Crippen molar-refractivity contribution < 1.29 is 4.79 Å². The van der Waals surface area contributed by atoms with Gasteiger partial charge in [0.15, 0.2) is 0 Å². The highest BCUT2D eigenvalue weighted by Crippen LogP contribution is 2.17. The predicted molar refractivity (Wildman–Crippen MR) is 64.2 cm³/mol. The van der Waals surface area contributed by atoms with Crippen LogP contribution >= 0.6 is 0 Å². The highest BCUT2D eigenvalue weighted by atomic mass is 16.1. The Labute approximate surface area is 97.8 Å². The molecule has 4 nitrogen and oxygen atoms in total. The Hall–Kier alpha value is -0.610. The number of rotatable bonds is 4. The van der Waals surface area contributed by atoms with E-state index in [0.717, 1.165) is 38.4 Å². The molecule has 0 aromatic rings. The van der Waals surface area contributed by atoms with Gasteiger partial charge >= 0.3 is 0 Å². The van der Waals surface area contributed by atoms with Crippen molar-refractivity contribution in [3.63, 3.8) is 0 Å². The lowest BCUT2D eigenvalue weighted by atomic mass is 10.0. The van der Waals surface area contributed by atoms with Crippen LogP contribution in [-0.4, -0.2) is 50.6 Å². The molecule has 0 radical (unpaired) electrons. The molecule has 2 unspecified atom stereocenters. The zero-order valence-electron chi connectivity index (χ0n) is 10.2. The highest BCUT2D eigenvalue weighted by molar-refractivity contribution is 5.79. The molecular weight excluding hydrogens is 202 g/mol. The standard InChI is InChI=1S/C12H23N3O/c1-15-7-4-10(9-15)2-6-14-12(16)11-3-5-13-8-11/h10-11,13H,2-9H2,1H3,(H,14,16). The summed E-state index contributed by atoms with van der Waals surface area (Å²) in [4.78, 5) is 14.1. The Bertz CT molecular complexity index is 238. The summed E-state index contributed by atoms with van der Waals surface area (Å²) in [5.41, 5.74) is 0. The fraction of sp³-hybridized carbons (Fsp3) is 0.917. The summed E-state index contributed by atoms with van der Waals surface area (Å²) in [5.74, 6) is 1.25. The molecule has 0 saturated carbocycles. The second-order valence-corrected chi connectivity index (χ2v) is 5.19. The van der Waals surface area contributed by atoms with E-state index in [1.807, 2.05) is 0 Å². The quantitative estimate of drug-likeness (QED) is 0.711. The third-order valence-electron chi connectivity index (χ3n) is 3.77. The van der Waals surface area contributed by atoms with Gasteiger partial charge < -0.3 is 15.5 Å². The van der Waals surface area contributed by atoms with Gasteiger partial charge in [-0.25, -0.2) is 0 Å². The Balaban J connectivity index is 1.58. The van der Waals surface area contributed by atoms with Gasteiger partial charge in [0.1, 0.15) is 0 Å². The first-order chi connectivity index (χ1) is 7.75. The number of nitrogens with zero attached hydrogens (tertiary/aromatic N) is 1. The van der Waals surface area contributed by atoms with Crippen LogP contribution < -0.4 is 10.6 Å². The van der Waals surface area contributed by atoms with Crippen molar-refractivity contribution in [1.29, 1.82) is 0 Å². The van der Waals surface area contributed by atoms with E-state index in [1.165, 1.54) is 19.5 Å². The molecule has 92 valence electrons. The lowest BCUT2D eigenvalue weighted by Gasteiger charge is -2.13. The number of likely N-dealkylation sites (tertiary alicyclic amines) is 1. The maximum absolute atomic E-state index is 11.7. The van der Waals surface area contributed by atoms with E-state index in [4.69, 9.17) is 0 Å². The first kappa shape index (κ1) is 11.9. The summed E-state index contributed by atoms with van der Waals surface area (Å²) in [7, 11) is 2.17.